The highest BCUT2D eigenvalue weighted by Gasteiger charge is 2.28. The lowest BCUT2D eigenvalue weighted by Crippen LogP contribution is -2.55. The first kappa shape index (κ1) is 28.4. The van der Waals surface area contributed by atoms with Crippen molar-refractivity contribution in [3.63, 3.8) is 0 Å². The lowest BCUT2D eigenvalue weighted by atomic mass is 9.34. The molecule has 0 unspecified atom stereocenters. The van der Waals surface area contributed by atoms with Crippen LogP contribution in [0.3, 0.4) is 0 Å². The molecule has 222 valence electrons. The molecule has 0 fully saturated rings. The monoisotopic (exact) mass is 592 g/mol. The minimum Gasteiger partial charge on any atom is -0.456 e. The Balaban J connectivity index is 1.26. The van der Waals surface area contributed by atoms with Gasteiger partial charge in [-0.3, -0.25) is 0 Å². The molecule has 0 amide bonds. The van der Waals surface area contributed by atoms with Gasteiger partial charge in [0.15, 0.2) is 0 Å². The smallest absolute Gasteiger partial charge is 0.242 e. The van der Waals surface area contributed by atoms with Crippen molar-refractivity contribution in [3.8, 4) is 33.8 Å². The molecule has 46 heavy (non-hydrogen) atoms. The summed E-state index contributed by atoms with van der Waals surface area (Å²) in [6.45, 7) is 13.7. The standard InChI is InChI=1S/C44H37BO/c1-26-20-28(3)43(29(4)21-26)45(44-30(5)22-27(2)23-31(44)6)35-18-16-32(17-19-35)33-14-15-34-25-39-36-10-7-8-12-40(36)46-41-13-9-11-37(42(39)41)38(34)24-33/h7-25H,1-6H3. The van der Waals surface area contributed by atoms with Crippen molar-refractivity contribution in [2.24, 2.45) is 0 Å². The number of hydrogen-bond acceptors (Lipinski definition) is 1. The van der Waals surface area contributed by atoms with E-state index in [1.807, 2.05) is 6.07 Å². The summed E-state index contributed by atoms with van der Waals surface area (Å²) in [4.78, 5) is 0. The molecule has 1 heterocycles. The maximum Gasteiger partial charge on any atom is 0.242 e. The van der Waals surface area contributed by atoms with Crippen molar-refractivity contribution in [2.75, 3.05) is 0 Å². The second kappa shape index (κ2) is 10.8. The molecule has 0 aromatic heterocycles. The first-order valence-corrected chi connectivity index (χ1v) is 16.3. The van der Waals surface area contributed by atoms with Gasteiger partial charge in [-0.1, -0.05) is 141 Å². The number of rotatable bonds is 4. The average Bonchev–Trinajstić information content (AvgIpc) is 3.03. The van der Waals surface area contributed by atoms with Crippen LogP contribution in [0.25, 0.3) is 43.8 Å². The predicted octanol–water partition coefficient (Wildman–Crippen LogP) is 9.80. The van der Waals surface area contributed by atoms with Crippen molar-refractivity contribution >= 4 is 44.6 Å². The number of ether oxygens (including phenoxy) is 1. The molecule has 0 bridgehead atoms. The number of hydrogen-bond donors (Lipinski definition) is 0. The summed E-state index contributed by atoms with van der Waals surface area (Å²) in [7, 11) is 0. The van der Waals surface area contributed by atoms with Gasteiger partial charge in [-0.25, -0.2) is 0 Å². The van der Waals surface area contributed by atoms with E-state index in [4.69, 9.17) is 4.74 Å². The van der Waals surface area contributed by atoms with E-state index >= 15 is 0 Å². The Morgan fingerprint density at radius 2 is 1.04 bits per heavy atom. The van der Waals surface area contributed by atoms with Gasteiger partial charge < -0.3 is 4.74 Å². The molecule has 2 heteroatoms. The minimum absolute atomic E-state index is 0.168. The molecular weight excluding hydrogens is 555 g/mol. The Kier molecular flexibility index (Phi) is 6.65. The van der Waals surface area contributed by atoms with Gasteiger partial charge in [0, 0.05) is 10.9 Å². The van der Waals surface area contributed by atoms with Crippen LogP contribution in [-0.2, 0) is 0 Å². The fourth-order valence-electron chi connectivity index (χ4n) is 8.19. The highest BCUT2D eigenvalue weighted by molar-refractivity contribution is 6.96. The Morgan fingerprint density at radius 3 is 1.70 bits per heavy atom. The molecule has 0 spiro atoms. The lowest BCUT2D eigenvalue weighted by molar-refractivity contribution is 0.487. The zero-order chi connectivity index (χ0) is 31.7. The summed E-state index contributed by atoms with van der Waals surface area (Å²) in [5, 5.41) is 4.91. The molecule has 0 saturated carbocycles. The van der Waals surface area contributed by atoms with Crippen LogP contribution in [0, 0.1) is 41.5 Å². The highest BCUT2D eigenvalue weighted by Crippen LogP contribution is 2.48. The number of para-hydroxylation sites is 1. The first-order valence-electron chi connectivity index (χ1n) is 16.3. The molecule has 0 aliphatic carbocycles. The Hall–Kier alpha value is -5.08. The van der Waals surface area contributed by atoms with Crippen molar-refractivity contribution in [3.05, 3.63) is 149 Å². The maximum atomic E-state index is 6.37. The fraction of sp³-hybridized carbons (Fsp3) is 0.136. The third kappa shape index (κ3) is 4.55. The van der Waals surface area contributed by atoms with Crippen LogP contribution < -0.4 is 21.1 Å². The second-order valence-electron chi connectivity index (χ2n) is 13.3. The minimum atomic E-state index is 0.168. The average molecular weight is 593 g/mol. The quantitative estimate of drug-likeness (QED) is 0.146. The van der Waals surface area contributed by atoms with Gasteiger partial charge in [0.2, 0.25) is 6.71 Å². The van der Waals surface area contributed by atoms with E-state index in [1.165, 1.54) is 88.0 Å². The number of benzene rings is 7. The van der Waals surface area contributed by atoms with E-state index in [1.54, 1.807) is 0 Å². The van der Waals surface area contributed by atoms with E-state index < -0.39 is 0 Å². The molecule has 7 aromatic carbocycles. The summed E-state index contributed by atoms with van der Waals surface area (Å²) >= 11 is 0. The number of fused-ring (bicyclic) bond motifs is 4. The first-order chi connectivity index (χ1) is 22.3. The molecule has 0 atom stereocenters. The summed E-state index contributed by atoms with van der Waals surface area (Å²) in [5.74, 6) is 1.85. The lowest BCUT2D eigenvalue weighted by Gasteiger charge is -2.25. The summed E-state index contributed by atoms with van der Waals surface area (Å²) in [5.41, 5.74) is 17.0. The highest BCUT2D eigenvalue weighted by atomic mass is 16.5. The maximum absolute atomic E-state index is 6.37. The van der Waals surface area contributed by atoms with Crippen LogP contribution in [-0.4, -0.2) is 6.71 Å². The van der Waals surface area contributed by atoms with Crippen molar-refractivity contribution < 1.29 is 4.74 Å². The topological polar surface area (TPSA) is 9.23 Å². The van der Waals surface area contributed by atoms with Crippen molar-refractivity contribution in [1.29, 1.82) is 0 Å². The zero-order valence-corrected chi connectivity index (χ0v) is 27.5. The third-order valence-electron chi connectivity index (χ3n) is 9.97. The van der Waals surface area contributed by atoms with Gasteiger partial charge >= 0.3 is 0 Å². The predicted molar refractivity (Wildman–Crippen MR) is 198 cm³/mol. The Bertz CT molecular complexity index is 2240. The molecule has 0 saturated heterocycles. The molecule has 7 aromatic rings. The Morgan fingerprint density at radius 1 is 0.457 bits per heavy atom. The van der Waals surface area contributed by atoms with E-state index in [9.17, 15) is 0 Å². The van der Waals surface area contributed by atoms with Crippen molar-refractivity contribution in [2.45, 2.75) is 41.5 Å². The largest absolute Gasteiger partial charge is 0.456 e. The van der Waals surface area contributed by atoms with E-state index in [0.717, 1.165) is 17.1 Å². The molecule has 0 N–H and O–H groups in total. The van der Waals surface area contributed by atoms with Crippen LogP contribution >= 0.6 is 0 Å². The summed E-state index contributed by atoms with van der Waals surface area (Å²) < 4.78 is 6.37. The van der Waals surface area contributed by atoms with E-state index in [0.29, 0.717) is 0 Å². The molecule has 8 rings (SSSR count). The Labute approximate surface area is 272 Å². The zero-order valence-electron chi connectivity index (χ0n) is 27.5. The molecule has 0 radical (unpaired) electrons. The van der Waals surface area contributed by atoms with Crippen LogP contribution in [0.2, 0.25) is 0 Å². The summed E-state index contributed by atoms with van der Waals surface area (Å²) in [6.07, 6.45) is 0. The van der Waals surface area contributed by atoms with Gasteiger partial charge in [-0.05, 0) is 98.7 Å². The van der Waals surface area contributed by atoms with Gasteiger partial charge in [-0.15, -0.1) is 0 Å². The van der Waals surface area contributed by atoms with E-state index in [2.05, 4.69) is 151 Å². The second-order valence-corrected chi connectivity index (χ2v) is 13.3. The van der Waals surface area contributed by atoms with Gasteiger partial charge in [0.05, 0.1) is 0 Å². The van der Waals surface area contributed by atoms with Gasteiger partial charge in [-0.2, -0.15) is 0 Å². The SMILES string of the molecule is Cc1cc(C)c(B(c2ccc(-c3ccc4cc5c6c(cccc6c4c3)Oc3ccccc3-5)cc2)c2c(C)cc(C)cc2C)c(C)c1. The van der Waals surface area contributed by atoms with Crippen LogP contribution in [0.5, 0.6) is 11.5 Å². The van der Waals surface area contributed by atoms with Crippen molar-refractivity contribution in [1.82, 2.24) is 0 Å². The molecule has 1 aliphatic heterocycles. The van der Waals surface area contributed by atoms with Gasteiger partial charge in [0.1, 0.15) is 11.5 Å². The fourth-order valence-corrected chi connectivity index (χ4v) is 8.19. The van der Waals surface area contributed by atoms with Crippen LogP contribution in [0.4, 0.5) is 0 Å². The molecular formula is C44H37BO. The molecule has 1 nitrogen and oxygen atoms in total. The van der Waals surface area contributed by atoms with Gasteiger partial charge in [0.25, 0.3) is 0 Å². The van der Waals surface area contributed by atoms with Crippen LogP contribution in [0.1, 0.15) is 33.4 Å². The third-order valence-corrected chi connectivity index (χ3v) is 9.97. The summed E-state index contributed by atoms with van der Waals surface area (Å²) in [6, 6.07) is 42.7. The number of aryl methyl sites for hydroxylation is 6. The molecule has 1 aliphatic rings. The van der Waals surface area contributed by atoms with E-state index in [-0.39, 0.29) is 6.71 Å². The van der Waals surface area contributed by atoms with Crippen LogP contribution in [0.15, 0.2) is 115 Å². The normalized spacial score (nSPS) is 11.9.